The Bertz CT molecular complexity index is 874. The zero-order chi connectivity index (χ0) is 17.9. The average molecular weight is 352 g/mol. The van der Waals surface area contributed by atoms with Crippen LogP contribution >= 0.6 is 0 Å². The predicted molar refractivity (Wildman–Crippen MR) is 93.1 cm³/mol. The van der Waals surface area contributed by atoms with Crippen molar-refractivity contribution in [2.45, 2.75) is 32.7 Å². The van der Waals surface area contributed by atoms with Gasteiger partial charge in [-0.1, -0.05) is 0 Å². The van der Waals surface area contributed by atoms with Crippen LogP contribution in [-0.2, 0) is 24.5 Å². The Morgan fingerprint density at radius 1 is 1.27 bits per heavy atom. The van der Waals surface area contributed by atoms with Gasteiger partial charge in [-0.2, -0.15) is 0 Å². The lowest BCUT2D eigenvalue weighted by molar-refractivity contribution is 0.0624. The van der Waals surface area contributed by atoms with E-state index in [9.17, 15) is 4.79 Å². The summed E-state index contributed by atoms with van der Waals surface area (Å²) in [6, 6.07) is 5.47. The van der Waals surface area contributed by atoms with Gasteiger partial charge in [-0.3, -0.25) is 9.78 Å². The van der Waals surface area contributed by atoms with Crippen molar-refractivity contribution in [2.75, 3.05) is 6.54 Å². The minimum atomic E-state index is -0.0971. The Hall–Kier alpha value is -2.93. The number of furan rings is 1. The minimum Gasteiger partial charge on any atom is -0.472 e. The summed E-state index contributed by atoms with van der Waals surface area (Å²) in [5, 5.41) is 0. The number of imidazole rings is 1. The molecule has 1 amide bonds. The smallest absolute Gasteiger partial charge is 0.257 e. The van der Waals surface area contributed by atoms with Crippen molar-refractivity contribution in [3.05, 3.63) is 72.0 Å². The summed E-state index contributed by atoms with van der Waals surface area (Å²) in [6.07, 6.45) is 8.35. The predicted octanol–water partition coefficient (Wildman–Crippen LogP) is 2.80. The molecule has 4 rings (SSSR count). The van der Waals surface area contributed by atoms with Gasteiger partial charge in [-0.05, 0) is 30.7 Å². The van der Waals surface area contributed by atoms with E-state index in [-0.39, 0.29) is 11.9 Å². The molecule has 0 spiro atoms. The lowest BCUT2D eigenvalue weighted by Crippen LogP contribution is -2.41. The van der Waals surface area contributed by atoms with Gasteiger partial charge in [0.25, 0.3) is 5.91 Å². The fourth-order valence-corrected chi connectivity index (χ4v) is 3.26. The van der Waals surface area contributed by atoms with Crippen molar-refractivity contribution in [1.29, 1.82) is 0 Å². The summed E-state index contributed by atoms with van der Waals surface area (Å²) in [4.78, 5) is 23.0. The Morgan fingerprint density at radius 2 is 2.12 bits per heavy atom. The van der Waals surface area contributed by atoms with Crippen molar-refractivity contribution in [1.82, 2.24) is 19.4 Å². The molecule has 7 heteroatoms. The maximum Gasteiger partial charge on any atom is 0.257 e. The van der Waals surface area contributed by atoms with E-state index in [1.165, 1.54) is 12.5 Å². The highest BCUT2D eigenvalue weighted by Gasteiger charge is 2.31. The first kappa shape index (κ1) is 16.5. The molecule has 134 valence electrons. The first-order chi connectivity index (χ1) is 12.7. The normalized spacial score (nSPS) is 16.5. The second kappa shape index (κ2) is 7.13. The average Bonchev–Trinajstić information content (AvgIpc) is 3.33. The fraction of sp³-hybridized carbons (Fsp3) is 0.316. The van der Waals surface area contributed by atoms with Crippen LogP contribution in [0, 0.1) is 0 Å². The van der Waals surface area contributed by atoms with Gasteiger partial charge in [0.15, 0.2) is 0 Å². The van der Waals surface area contributed by atoms with Crippen LogP contribution in [-0.4, -0.2) is 31.9 Å². The summed E-state index contributed by atoms with van der Waals surface area (Å²) in [7, 11) is 0. The number of hydrogen-bond donors (Lipinski definition) is 0. The Kier molecular flexibility index (Phi) is 4.53. The van der Waals surface area contributed by atoms with Crippen LogP contribution in [0.4, 0.5) is 0 Å². The Balaban J connectivity index is 1.43. The third-order valence-electron chi connectivity index (χ3n) is 4.67. The zero-order valence-corrected chi connectivity index (χ0v) is 14.5. The van der Waals surface area contributed by atoms with Crippen LogP contribution < -0.4 is 0 Å². The van der Waals surface area contributed by atoms with Crippen LogP contribution in [0.25, 0.3) is 0 Å². The van der Waals surface area contributed by atoms with E-state index < -0.39 is 0 Å². The van der Waals surface area contributed by atoms with Gasteiger partial charge in [-0.25, -0.2) is 4.98 Å². The van der Waals surface area contributed by atoms with E-state index in [1.807, 2.05) is 30.2 Å². The maximum atomic E-state index is 12.6. The van der Waals surface area contributed by atoms with Gasteiger partial charge in [0.1, 0.15) is 12.1 Å². The molecule has 0 bridgehead atoms. The lowest BCUT2D eigenvalue weighted by Gasteiger charge is -2.34. The monoisotopic (exact) mass is 352 g/mol. The molecule has 0 aliphatic carbocycles. The number of hydrogen-bond acceptors (Lipinski definition) is 5. The van der Waals surface area contributed by atoms with Crippen molar-refractivity contribution in [2.24, 2.45) is 0 Å². The van der Waals surface area contributed by atoms with Crippen molar-refractivity contribution in [3.63, 3.8) is 0 Å². The van der Waals surface area contributed by atoms with E-state index in [0.717, 1.165) is 17.1 Å². The molecule has 26 heavy (non-hydrogen) atoms. The molecule has 3 aromatic rings. The number of pyridine rings is 1. The molecule has 0 saturated carbocycles. The molecule has 4 heterocycles. The van der Waals surface area contributed by atoms with Crippen LogP contribution in [0.3, 0.4) is 0 Å². The summed E-state index contributed by atoms with van der Waals surface area (Å²) in [5.41, 5.74) is 2.68. The summed E-state index contributed by atoms with van der Waals surface area (Å²) in [5.74, 6) is 0.853. The molecule has 0 radical (unpaired) electrons. The van der Waals surface area contributed by atoms with Crippen molar-refractivity contribution >= 4 is 5.91 Å². The van der Waals surface area contributed by atoms with E-state index in [0.29, 0.717) is 31.9 Å². The first-order valence-corrected chi connectivity index (χ1v) is 8.58. The Labute approximate surface area is 151 Å². The van der Waals surface area contributed by atoms with Gasteiger partial charge in [0.05, 0.1) is 43.0 Å². The number of aromatic nitrogens is 3. The zero-order valence-electron chi connectivity index (χ0n) is 14.5. The summed E-state index contributed by atoms with van der Waals surface area (Å²) in [6.45, 7) is 4.35. The molecule has 0 fully saturated rings. The molecule has 1 unspecified atom stereocenters. The van der Waals surface area contributed by atoms with Gasteiger partial charge < -0.3 is 18.6 Å². The van der Waals surface area contributed by atoms with Crippen molar-refractivity contribution in [3.8, 4) is 0 Å². The summed E-state index contributed by atoms with van der Waals surface area (Å²) >= 11 is 0. The highest BCUT2D eigenvalue weighted by atomic mass is 16.5. The largest absolute Gasteiger partial charge is 0.472 e. The molecule has 0 saturated heterocycles. The third kappa shape index (κ3) is 3.13. The minimum absolute atomic E-state index is 0.0315. The first-order valence-electron chi connectivity index (χ1n) is 8.58. The quantitative estimate of drug-likeness (QED) is 0.706. The molecule has 7 nitrogen and oxygen atoms in total. The standard InChI is InChI=1S/C19H20N4O3/c1-14-18-21-10-17(13-26-11-15-2-5-20-6-3-15)23(18)8-7-22(14)19(24)16-4-9-25-12-16/h2-6,9-10,12,14H,7-8,11,13H2,1H3. The number of rotatable bonds is 5. The van der Waals surface area contributed by atoms with E-state index >= 15 is 0 Å². The molecule has 1 atom stereocenters. The van der Waals surface area contributed by atoms with Gasteiger partial charge in [-0.15, -0.1) is 0 Å². The SMILES string of the molecule is CC1c2ncc(COCc3ccncc3)n2CCN1C(=O)c1ccoc1. The van der Waals surface area contributed by atoms with E-state index in [2.05, 4.69) is 14.5 Å². The van der Waals surface area contributed by atoms with Crippen molar-refractivity contribution < 1.29 is 13.9 Å². The number of nitrogens with zero attached hydrogens (tertiary/aromatic N) is 4. The van der Waals surface area contributed by atoms with Crippen LogP contribution in [0.1, 0.15) is 40.4 Å². The van der Waals surface area contributed by atoms with Gasteiger partial charge in [0.2, 0.25) is 0 Å². The highest BCUT2D eigenvalue weighted by molar-refractivity contribution is 5.94. The second-order valence-corrected chi connectivity index (χ2v) is 6.29. The van der Waals surface area contributed by atoms with Gasteiger partial charge in [0, 0.05) is 25.5 Å². The van der Waals surface area contributed by atoms with Crippen LogP contribution in [0.15, 0.2) is 53.7 Å². The molecule has 1 aliphatic rings. The van der Waals surface area contributed by atoms with Crippen LogP contribution in [0.2, 0.25) is 0 Å². The molecule has 0 N–H and O–H groups in total. The molecule has 3 aromatic heterocycles. The highest BCUT2D eigenvalue weighted by Crippen LogP contribution is 2.27. The molecular weight excluding hydrogens is 332 g/mol. The summed E-state index contributed by atoms with van der Waals surface area (Å²) < 4.78 is 13.0. The van der Waals surface area contributed by atoms with Gasteiger partial charge >= 0.3 is 0 Å². The van der Waals surface area contributed by atoms with E-state index in [1.54, 1.807) is 18.5 Å². The number of carbonyl (C=O) groups is 1. The topological polar surface area (TPSA) is 73.4 Å². The maximum absolute atomic E-state index is 12.6. The molecule has 0 aromatic carbocycles. The van der Waals surface area contributed by atoms with Crippen LogP contribution in [0.5, 0.6) is 0 Å². The fourth-order valence-electron chi connectivity index (χ4n) is 3.26. The third-order valence-corrected chi connectivity index (χ3v) is 4.67. The molecular formula is C19H20N4O3. The number of carbonyl (C=O) groups excluding carboxylic acids is 1. The molecule has 1 aliphatic heterocycles. The number of amides is 1. The second-order valence-electron chi connectivity index (χ2n) is 6.29. The number of fused-ring (bicyclic) bond motifs is 1. The van der Waals surface area contributed by atoms with E-state index in [4.69, 9.17) is 9.15 Å². The number of ether oxygens (including phenoxy) is 1. The lowest BCUT2D eigenvalue weighted by atomic mass is 10.1. The Morgan fingerprint density at radius 3 is 2.88 bits per heavy atom.